The van der Waals surface area contributed by atoms with Gasteiger partial charge in [0.15, 0.2) is 0 Å². The molecule has 0 bridgehead atoms. The van der Waals surface area contributed by atoms with E-state index in [9.17, 15) is 19.5 Å². The van der Waals surface area contributed by atoms with Crippen LogP contribution < -0.4 is 5.32 Å². The molecule has 1 saturated heterocycles. The summed E-state index contributed by atoms with van der Waals surface area (Å²) in [7, 11) is 0. The Balaban J connectivity index is 2.55. The van der Waals surface area contributed by atoms with Crippen molar-refractivity contribution in [3.63, 3.8) is 0 Å². The molecule has 0 aliphatic carbocycles. The second-order valence-corrected chi connectivity index (χ2v) is 6.74. The van der Waals surface area contributed by atoms with Crippen LogP contribution in [0.25, 0.3) is 0 Å². The van der Waals surface area contributed by atoms with Crippen LogP contribution in [0.15, 0.2) is 0 Å². The lowest BCUT2D eigenvalue weighted by atomic mass is 9.92. The highest BCUT2D eigenvalue weighted by molar-refractivity contribution is 5.90. The summed E-state index contributed by atoms with van der Waals surface area (Å²) in [6.45, 7) is 7.66. The van der Waals surface area contributed by atoms with Crippen molar-refractivity contribution in [1.82, 2.24) is 10.2 Å². The Morgan fingerprint density at radius 3 is 2.40 bits per heavy atom. The van der Waals surface area contributed by atoms with Gasteiger partial charge in [-0.05, 0) is 25.2 Å². The molecule has 1 rings (SSSR count). The Kier molecular flexibility index (Phi) is 4.78. The smallest absolute Gasteiger partial charge is 0.329 e. The highest BCUT2D eigenvalue weighted by Gasteiger charge is 2.45. The van der Waals surface area contributed by atoms with Crippen molar-refractivity contribution in [2.45, 2.75) is 52.5 Å². The molecule has 1 unspecified atom stereocenters. The molecule has 0 saturated carbocycles. The largest absolute Gasteiger partial charge is 0.480 e. The van der Waals surface area contributed by atoms with Crippen molar-refractivity contribution in [3.05, 3.63) is 0 Å². The molecule has 0 aromatic carbocycles. The van der Waals surface area contributed by atoms with Crippen LogP contribution in [0.2, 0.25) is 0 Å². The SMILES string of the molecule is CC(C)(C)CC(=O)NCC(=O)N1CCCC1(C)C(=O)O. The van der Waals surface area contributed by atoms with Crippen LogP contribution in [-0.2, 0) is 14.4 Å². The Bertz CT molecular complexity index is 414. The maximum Gasteiger partial charge on any atom is 0.329 e. The monoisotopic (exact) mass is 284 g/mol. The second kappa shape index (κ2) is 5.81. The van der Waals surface area contributed by atoms with E-state index in [-0.39, 0.29) is 23.8 Å². The molecule has 0 aromatic rings. The Morgan fingerprint density at radius 2 is 1.90 bits per heavy atom. The van der Waals surface area contributed by atoms with Gasteiger partial charge in [0.25, 0.3) is 0 Å². The highest BCUT2D eigenvalue weighted by Crippen LogP contribution is 2.29. The molecule has 1 heterocycles. The Hall–Kier alpha value is -1.59. The molecule has 0 spiro atoms. The number of carbonyl (C=O) groups is 3. The number of carbonyl (C=O) groups excluding carboxylic acids is 2. The predicted molar refractivity (Wildman–Crippen MR) is 74.1 cm³/mol. The molecule has 2 N–H and O–H groups in total. The first-order chi connectivity index (χ1) is 9.06. The summed E-state index contributed by atoms with van der Waals surface area (Å²) in [5.41, 5.74) is -1.29. The van der Waals surface area contributed by atoms with Crippen molar-refractivity contribution < 1.29 is 19.5 Å². The predicted octanol–water partition coefficient (Wildman–Crippen LogP) is 1.00. The zero-order chi connectivity index (χ0) is 15.6. The normalized spacial score (nSPS) is 22.7. The summed E-state index contributed by atoms with van der Waals surface area (Å²) < 4.78 is 0. The van der Waals surface area contributed by atoms with Gasteiger partial charge in [-0.1, -0.05) is 20.8 Å². The molecular formula is C14H24N2O4. The standard InChI is InChI=1S/C14H24N2O4/c1-13(2,3)8-10(17)15-9-11(18)16-7-5-6-14(16,4)12(19)20/h5-9H2,1-4H3,(H,15,17)(H,19,20). The van der Waals surface area contributed by atoms with E-state index in [0.29, 0.717) is 25.8 Å². The van der Waals surface area contributed by atoms with Crippen LogP contribution in [-0.4, -0.2) is 46.4 Å². The first-order valence-corrected chi connectivity index (χ1v) is 6.87. The quantitative estimate of drug-likeness (QED) is 0.806. The van der Waals surface area contributed by atoms with Gasteiger partial charge < -0.3 is 15.3 Å². The summed E-state index contributed by atoms with van der Waals surface area (Å²) in [5, 5.41) is 11.8. The maximum absolute atomic E-state index is 12.1. The average Bonchev–Trinajstić information content (AvgIpc) is 2.67. The molecule has 0 aromatic heterocycles. The summed E-state index contributed by atoms with van der Waals surface area (Å²) in [5.74, 6) is -1.53. The van der Waals surface area contributed by atoms with E-state index in [1.165, 1.54) is 4.90 Å². The molecule has 6 heteroatoms. The van der Waals surface area contributed by atoms with E-state index in [1.807, 2.05) is 20.8 Å². The van der Waals surface area contributed by atoms with Crippen LogP contribution in [0.4, 0.5) is 0 Å². The highest BCUT2D eigenvalue weighted by atomic mass is 16.4. The fourth-order valence-electron chi connectivity index (χ4n) is 2.40. The number of nitrogens with one attached hydrogen (secondary N) is 1. The molecule has 1 atom stereocenters. The maximum atomic E-state index is 12.1. The van der Waals surface area contributed by atoms with Gasteiger partial charge in [0, 0.05) is 13.0 Å². The number of carboxylic acid groups (broad SMARTS) is 1. The minimum Gasteiger partial charge on any atom is -0.480 e. The second-order valence-electron chi connectivity index (χ2n) is 6.74. The van der Waals surface area contributed by atoms with E-state index < -0.39 is 11.5 Å². The Labute approximate surface area is 119 Å². The zero-order valence-corrected chi connectivity index (χ0v) is 12.7. The summed E-state index contributed by atoms with van der Waals surface area (Å²) in [6.07, 6.45) is 1.45. The van der Waals surface area contributed by atoms with Crippen LogP contribution in [0, 0.1) is 5.41 Å². The number of amides is 2. The number of aliphatic carboxylic acids is 1. The van der Waals surface area contributed by atoms with Gasteiger partial charge in [-0.3, -0.25) is 9.59 Å². The lowest BCUT2D eigenvalue weighted by Gasteiger charge is -2.31. The number of nitrogens with zero attached hydrogens (tertiary/aromatic N) is 1. The van der Waals surface area contributed by atoms with Crippen LogP contribution in [0.1, 0.15) is 47.0 Å². The third-order valence-electron chi connectivity index (χ3n) is 3.53. The van der Waals surface area contributed by atoms with Crippen molar-refractivity contribution in [3.8, 4) is 0 Å². The number of carboxylic acids is 1. The van der Waals surface area contributed by atoms with Gasteiger partial charge in [-0.15, -0.1) is 0 Å². The molecule has 20 heavy (non-hydrogen) atoms. The van der Waals surface area contributed by atoms with Crippen molar-refractivity contribution in [2.75, 3.05) is 13.1 Å². The fraction of sp³-hybridized carbons (Fsp3) is 0.786. The van der Waals surface area contributed by atoms with E-state index in [0.717, 1.165) is 0 Å². The first-order valence-electron chi connectivity index (χ1n) is 6.87. The van der Waals surface area contributed by atoms with E-state index in [4.69, 9.17) is 0 Å². The topological polar surface area (TPSA) is 86.7 Å². The van der Waals surface area contributed by atoms with Crippen LogP contribution in [0.3, 0.4) is 0 Å². The van der Waals surface area contributed by atoms with Gasteiger partial charge in [-0.25, -0.2) is 4.79 Å². The van der Waals surface area contributed by atoms with Crippen LogP contribution >= 0.6 is 0 Å². The molecule has 0 radical (unpaired) electrons. The third kappa shape index (κ3) is 3.95. The fourth-order valence-corrected chi connectivity index (χ4v) is 2.40. The summed E-state index contributed by atoms with van der Waals surface area (Å²) >= 11 is 0. The minimum atomic E-state index is -1.15. The van der Waals surface area contributed by atoms with Crippen LogP contribution in [0.5, 0.6) is 0 Å². The van der Waals surface area contributed by atoms with Gasteiger partial charge in [0.2, 0.25) is 11.8 Å². The van der Waals surface area contributed by atoms with Gasteiger partial charge in [-0.2, -0.15) is 0 Å². The molecule has 1 aliphatic rings. The zero-order valence-electron chi connectivity index (χ0n) is 12.7. The van der Waals surface area contributed by atoms with E-state index in [2.05, 4.69) is 5.32 Å². The number of hydrogen-bond donors (Lipinski definition) is 2. The van der Waals surface area contributed by atoms with Gasteiger partial charge >= 0.3 is 5.97 Å². The van der Waals surface area contributed by atoms with E-state index in [1.54, 1.807) is 6.92 Å². The molecule has 2 amide bonds. The third-order valence-corrected chi connectivity index (χ3v) is 3.53. The summed E-state index contributed by atoms with van der Waals surface area (Å²) in [4.78, 5) is 36.4. The molecular weight excluding hydrogens is 260 g/mol. The minimum absolute atomic E-state index is 0.141. The average molecular weight is 284 g/mol. The molecule has 114 valence electrons. The first kappa shape index (κ1) is 16.5. The van der Waals surface area contributed by atoms with Crippen molar-refractivity contribution >= 4 is 17.8 Å². The summed E-state index contributed by atoms with van der Waals surface area (Å²) in [6, 6.07) is 0. The number of likely N-dealkylation sites (tertiary alicyclic amines) is 1. The molecule has 1 aliphatic heterocycles. The molecule has 6 nitrogen and oxygen atoms in total. The number of rotatable bonds is 4. The molecule has 1 fully saturated rings. The van der Waals surface area contributed by atoms with E-state index >= 15 is 0 Å². The van der Waals surface area contributed by atoms with Crippen molar-refractivity contribution in [2.24, 2.45) is 5.41 Å². The number of hydrogen-bond acceptors (Lipinski definition) is 3. The lowest BCUT2D eigenvalue weighted by Crippen LogP contribution is -2.53. The van der Waals surface area contributed by atoms with Gasteiger partial charge in [0.05, 0.1) is 6.54 Å². The van der Waals surface area contributed by atoms with Gasteiger partial charge in [0.1, 0.15) is 5.54 Å². The Morgan fingerprint density at radius 1 is 1.30 bits per heavy atom. The van der Waals surface area contributed by atoms with Crippen molar-refractivity contribution in [1.29, 1.82) is 0 Å². The lowest BCUT2D eigenvalue weighted by molar-refractivity contribution is -0.155.